The highest BCUT2D eigenvalue weighted by molar-refractivity contribution is 7.11. The molecule has 0 radical (unpaired) electrons. The maximum atomic E-state index is 5.75. The first kappa shape index (κ1) is 22.3. The molecule has 7 nitrogen and oxygen atoms in total. The van der Waals surface area contributed by atoms with Crippen molar-refractivity contribution < 1.29 is 4.42 Å². The van der Waals surface area contributed by atoms with Crippen LogP contribution in [0.15, 0.2) is 9.41 Å². The van der Waals surface area contributed by atoms with Gasteiger partial charge >= 0.3 is 0 Å². The fraction of sp³-hybridized carbons (Fsp3) is 0.696. The van der Waals surface area contributed by atoms with Gasteiger partial charge in [0.25, 0.3) is 0 Å². The van der Waals surface area contributed by atoms with Crippen LogP contribution < -0.4 is 5.32 Å². The number of aromatic nitrogens is 2. The Kier molecular flexibility index (Phi) is 7.27. The van der Waals surface area contributed by atoms with Crippen LogP contribution in [0.25, 0.3) is 0 Å². The lowest BCUT2D eigenvalue weighted by molar-refractivity contribution is 0.163. The van der Waals surface area contributed by atoms with Gasteiger partial charge in [0.15, 0.2) is 5.96 Å². The van der Waals surface area contributed by atoms with Crippen molar-refractivity contribution >= 4 is 17.3 Å². The molecule has 0 atom stereocenters. The maximum absolute atomic E-state index is 5.75. The summed E-state index contributed by atoms with van der Waals surface area (Å²) in [6.07, 6.45) is 7.32. The van der Waals surface area contributed by atoms with Crippen LogP contribution in [0.3, 0.4) is 0 Å². The van der Waals surface area contributed by atoms with Gasteiger partial charge in [-0.15, -0.1) is 11.3 Å². The number of nitrogens with zero attached hydrogens (tertiary/aromatic N) is 5. The molecule has 0 saturated carbocycles. The molecular formula is C23H36N6OS. The molecule has 3 heterocycles. The maximum Gasteiger partial charge on any atom is 0.208 e. The molecule has 0 amide bonds. The molecule has 2 aromatic rings. The van der Waals surface area contributed by atoms with Gasteiger partial charge in [-0.25, -0.2) is 9.97 Å². The Morgan fingerprint density at radius 2 is 2.00 bits per heavy atom. The van der Waals surface area contributed by atoms with E-state index in [1.54, 1.807) is 0 Å². The van der Waals surface area contributed by atoms with Crippen LogP contribution in [0.5, 0.6) is 0 Å². The summed E-state index contributed by atoms with van der Waals surface area (Å²) >= 11 is 1.89. The van der Waals surface area contributed by atoms with Gasteiger partial charge in [0.2, 0.25) is 5.89 Å². The van der Waals surface area contributed by atoms with E-state index in [1.807, 2.05) is 32.2 Å². The number of guanidine groups is 1. The summed E-state index contributed by atoms with van der Waals surface area (Å²) < 4.78 is 5.75. The molecule has 2 aliphatic rings. The lowest BCUT2D eigenvalue weighted by Gasteiger charge is -2.32. The second kappa shape index (κ2) is 10.1. The number of thiazole rings is 1. The van der Waals surface area contributed by atoms with Crippen molar-refractivity contribution in [2.24, 2.45) is 10.9 Å². The molecule has 2 aromatic heterocycles. The first-order chi connectivity index (χ1) is 15.0. The van der Waals surface area contributed by atoms with Crippen LogP contribution in [-0.2, 0) is 25.9 Å². The van der Waals surface area contributed by atoms with E-state index in [9.17, 15) is 0 Å². The Morgan fingerprint density at radius 1 is 1.23 bits per heavy atom. The van der Waals surface area contributed by atoms with Gasteiger partial charge in [-0.05, 0) is 71.4 Å². The van der Waals surface area contributed by atoms with Gasteiger partial charge < -0.3 is 14.6 Å². The molecule has 4 rings (SSSR count). The summed E-state index contributed by atoms with van der Waals surface area (Å²) in [6, 6.07) is 0. The third-order valence-electron chi connectivity index (χ3n) is 6.52. The molecule has 31 heavy (non-hydrogen) atoms. The van der Waals surface area contributed by atoms with E-state index >= 15 is 0 Å². The fourth-order valence-corrected chi connectivity index (χ4v) is 5.73. The van der Waals surface area contributed by atoms with Crippen molar-refractivity contribution in [2.45, 2.75) is 65.5 Å². The van der Waals surface area contributed by atoms with Crippen LogP contribution in [0, 0.1) is 19.8 Å². The Morgan fingerprint density at radius 3 is 2.68 bits per heavy atom. The lowest BCUT2D eigenvalue weighted by atomic mass is 9.97. The zero-order chi connectivity index (χ0) is 21.8. The average Bonchev–Trinajstić information content (AvgIpc) is 3.31. The van der Waals surface area contributed by atoms with E-state index in [0.29, 0.717) is 5.92 Å². The average molecular weight is 445 g/mol. The predicted octanol–water partition coefficient (Wildman–Crippen LogP) is 3.55. The SMILES string of the molecule is CN=C(NCC1CCN(Cc2nc(C)c(C)o2)CC1)N(C)Cc1nc2c(s1)CCCC2. The second-order valence-electron chi connectivity index (χ2n) is 8.94. The fourth-order valence-electron chi connectivity index (χ4n) is 4.52. The first-order valence-corrected chi connectivity index (χ1v) is 12.4. The number of fused-ring (bicyclic) bond motifs is 1. The smallest absolute Gasteiger partial charge is 0.208 e. The quantitative estimate of drug-likeness (QED) is 0.543. The molecular weight excluding hydrogens is 408 g/mol. The van der Waals surface area contributed by atoms with Crippen LogP contribution in [0.4, 0.5) is 0 Å². The Bertz CT molecular complexity index is 853. The number of oxazole rings is 1. The van der Waals surface area contributed by atoms with Crippen LogP contribution in [0.1, 0.15) is 58.6 Å². The normalized spacial score (nSPS) is 18.3. The van der Waals surface area contributed by atoms with Crippen molar-refractivity contribution in [2.75, 3.05) is 33.7 Å². The number of piperidine rings is 1. The number of aliphatic imine (C=N–C) groups is 1. The summed E-state index contributed by atoms with van der Waals surface area (Å²) in [4.78, 5) is 20.1. The number of hydrogen-bond acceptors (Lipinski definition) is 6. The minimum Gasteiger partial charge on any atom is -0.444 e. The number of aryl methyl sites for hydroxylation is 4. The highest BCUT2D eigenvalue weighted by atomic mass is 32.1. The molecule has 0 aromatic carbocycles. The van der Waals surface area contributed by atoms with Gasteiger partial charge in [-0.2, -0.15) is 0 Å². The molecule has 1 aliphatic heterocycles. The van der Waals surface area contributed by atoms with Gasteiger partial charge in [-0.3, -0.25) is 9.89 Å². The summed E-state index contributed by atoms with van der Waals surface area (Å²) in [5, 5.41) is 4.81. The molecule has 0 bridgehead atoms. The largest absolute Gasteiger partial charge is 0.444 e. The van der Waals surface area contributed by atoms with E-state index in [2.05, 4.69) is 32.1 Å². The Hall–Kier alpha value is -1.93. The van der Waals surface area contributed by atoms with Gasteiger partial charge in [0.1, 0.15) is 10.8 Å². The van der Waals surface area contributed by atoms with Gasteiger partial charge in [-0.1, -0.05) is 0 Å². The molecule has 1 saturated heterocycles. The number of rotatable bonds is 6. The Labute approximate surface area is 190 Å². The van der Waals surface area contributed by atoms with Crippen LogP contribution in [-0.4, -0.2) is 59.5 Å². The molecule has 0 spiro atoms. The van der Waals surface area contributed by atoms with Crippen molar-refractivity contribution in [1.29, 1.82) is 0 Å². The van der Waals surface area contributed by atoms with E-state index in [0.717, 1.165) is 62.4 Å². The molecule has 1 aliphatic carbocycles. The van der Waals surface area contributed by atoms with Crippen LogP contribution in [0.2, 0.25) is 0 Å². The topological polar surface area (TPSA) is 69.8 Å². The van der Waals surface area contributed by atoms with Crippen LogP contribution >= 0.6 is 11.3 Å². The minimum atomic E-state index is 0.668. The molecule has 1 N–H and O–H groups in total. The third kappa shape index (κ3) is 5.66. The number of nitrogens with one attached hydrogen (secondary N) is 1. The zero-order valence-electron chi connectivity index (χ0n) is 19.4. The summed E-state index contributed by atoms with van der Waals surface area (Å²) in [7, 11) is 3.98. The van der Waals surface area contributed by atoms with E-state index in [1.165, 1.54) is 47.7 Å². The zero-order valence-corrected chi connectivity index (χ0v) is 20.2. The lowest BCUT2D eigenvalue weighted by Crippen LogP contribution is -2.43. The summed E-state index contributed by atoms with van der Waals surface area (Å²) in [5.74, 6) is 3.41. The first-order valence-electron chi connectivity index (χ1n) is 11.6. The number of likely N-dealkylation sites (tertiary alicyclic amines) is 1. The van der Waals surface area contributed by atoms with Crippen molar-refractivity contribution in [3.8, 4) is 0 Å². The monoisotopic (exact) mass is 444 g/mol. The molecule has 8 heteroatoms. The van der Waals surface area contributed by atoms with Gasteiger partial charge in [0.05, 0.1) is 24.5 Å². The van der Waals surface area contributed by atoms with Crippen molar-refractivity contribution in [1.82, 2.24) is 25.1 Å². The molecule has 0 unspecified atom stereocenters. The summed E-state index contributed by atoms with van der Waals surface area (Å²) in [6.45, 7) is 8.78. The second-order valence-corrected chi connectivity index (χ2v) is 10.1. The highest BCUT2D eigenvalue weighted by Gasteiger charge is 2.22. The molecule has 1 fully saturated rings. The van der Waals surface area contributed by atoms with E-state index in [-0.39, 0.29) is 0 Å². The van der Waals surface area contributed by atoms with Crippen molar-refractivity contribution in [3.05, 3.63) is 32.9 Å². The minimum absolute atomic E-state index is 0.668. The van der Waals surface area contributed by atoms with E-state index < -0.39 is 0 Å². The predicted molar refractivity (Wildman–Crippen MR) is 126 cm³/mol. The number of hydrogen-bond donors (Lipinski definition) is 1. The molecule has 170 valence electrons. The van der Waals surface area contributed by atoms with Gasteiger partial charge in [0, 0.05) is 25.5 Å². The standard InChI is InChI=1S/C23H36N6OS/c1-16-17(2)30-21(26-16)14-29-11-9-18(10-12-29)13-25-23(24-3)28(4)15-22-27-19-7-5-6-8-20(19)31-22/h18H,5-15H2,1-4H3,(H,24,25). The van der Waals surface area contributed by atoms with Crippen molar-refractivity contribution in [3.63, 3.8) is 0 Å². The highest BCUT2D eigenvalue weighted by Crippen LogP contribution is 2.27. The van der Waals surface area contributed by atoms with E-state index in [4.69, 9.17) is 9.40 Å². The summed E-state index contributed by atoms with van der Waals surface area (Å²) in [5.41, 5.74) is 2.34. The Balaban J connectivity index is 1.21. The third-order valence-corrected chi connectivity index (χ3v) is 7.67.